The summed E-state index contributed by atoms with van der Waals surface area (Å²) < 4.78 is 6.00. The maximum Gasteiger partial charge on any atom is 0.129 e. The summed E-state index contributed by atoms with van der Waals surface area (Å²) in [5, 5.41) is 3.34. The molecule has 0 unspecified atom stereocenters. The monoisotopic (exact) mass is 361 g/mol. The summed E-state index contributed by atoms with van der Waals surface area (Å²) in [5.74, 6) is 0.801. The maximum absolute atomic E-state index is 6.00. The lowest BCUT2D eigenvalue weighted by molar-refractivity contribution is 0.305. The number of rotatable bonds is 7. The lowest BCUT2D eigenvalue weighted by Crippen LogP contribution is -2.22. The van der Waals surface area contributed by atoms with Gasteiger partial charge in [0.1, 0.15) is 17.3 Å². The summed E-state index contributed by atoms with van der Waals surface area (Å²) in [6, 6.07) is 26.7. The number of benzene rings is 3. The van der Waals surface area contributed by atoms with Gasteiger partial charge in [-0.15, -0.1) is 0 Å². The van der Waals surface area contributed by atoms with Gasteiger partial charge in [-0.3, -0.25) is 0 Å². The molecule has 2 nitrogen and oxygen atoms in total. The molecule has 0 saturated heterocycles. The average Bonchev–Trinajstić information content (AvgIpc) is 2.72. The first kappa shape index (κ1) is 18.2. The molecule has 0 aliphatic rings. The average molecular weight is 362 g/mol. The zero-order valence-electron chi connectivity index (χ0n) is 14.9. The Morgan fingerprint density at radius 3 is 2.19 bits per heavy atom. The zero-order valence-corrected chi connectivity index (χ0v) is 15.8. The Labute approximate surface area is 160 Å². The van der Waals surface area contributed by atoms with E-state index >= 15 is 0 Å². The van der Waals surface area contributed by atoms with E-state index in [0.29, 0.717) is 18.1 Å². The molecule has 0 bridgehead atoms. The highest BCUT2D eigenvalue weighted by Gasteiger charge is 2.08. The fourth-order valence-corrected chi connectivity index (χ4v) is 2.93. The van der Waals surface area contributed by atoms with Gasteiger partial charge in [0.05, 0.1) is 5.56 Å². The smallest absolute Gasteiger partial charge is 0.129 e. The summed E-state index contributed by atoms with van der Waals surface area (Å²) >= 11 is 5.60. The quantitative estimate of drug-likeness (QED) is 0.578. The minimum Gasteiger partial charge on any atom is -0.488 e. The van der Waals surface area contributed by atoms with E-state index in [1.165, 1.54) is 11.1 Å². The van der Waals surface area contributed by atoms with E-state index in [1.54, 1.807) is 0 Å². The SMILES string of the molecule is CCc1ccc(CNC(=S)c2ccccc2OCc2ccccc2)cc1. The van der Waals surface area contributed by atoms with Crippen molar-refractivity contribution in [3.8, 4) is 5.75 Å². The first-order chi connectivity index (χ1) is 12.8. The Balaban J connectivity index is 1.63. The molecule has 0 fully saturated rings. The highest BCUT2D eigenvalue weighted by Crippen LogP contribution is 2.20. The van der Waals surface area contributed by atoms with Crippen LogP contribution in [0.1, 0.15) is 29.2 Å². The standard InChI is InChI=1S/C23H23NOS/c1-2-18-12-14-19(15-13-18)16-24-23(26)21-10-6-7-11-22(21)25-17-20-8-4-3-5-9-20/h3-15H,2,16-17H2,1H3,(H,24,26). The molecule has 0 aliphatic carbocycles. The lowest BCUT2D eigenvalue weighted by Gasteiger charge is -2.14. The van der Waals surface area contributed by atoms with Crippen LogP contribution >= 0.6 is 12.2 Å². The predicted molar refractivity (Wildman–Crippen MR) is 112 cm³/mol. The molecule has 0 saturated carbocycles. The number of para-hydroxylation sites is 1. The molecule has 0 aliphatic heterocycles. The summed E-state index contributed by atoms with van der Waals surface area (Å²) in [6.45, 7) is 3.39. The van der Waals surface area contributed by atoms with Gasteiger partial charge in [0, 0.05) is 6.54 Å². The van der Waals surface area contributed by atoms with Crippen LogP contribution in [0.2, 0.25) is 0 Å². The van der Waals surface area contributed by atoms with Crippen molar-refractivity contribution in [2.45, 2.75) is 26.5 Å². The van der Waals surface area contributed by atoms with E-state index in [-0.39, 0.29) is 0 Å². The fraction of sp³-hybridized carbons (Fsp3) is 0.174. The molecule has 0 spiro atoms. The second-order valence-corrected chi connectivity index (χ2v) is 6.53. The Kier molecular flexibility index (Phi) is 6.39. The second kappa shape index (κ2) is 9.16. The number of ether oxygens (including phenoxy) is 1. The lowest BCUT2D eigenvalue weighted by atomic mass is 10.1. The third-order valence-corrected chi connectivity index (χ3v) is 4.62. The minimum absolute atomic E-state index is 0.527. The van der Waals surface area contributed by atoms with Crippen LogP contribution in [-0.2, 0) is 19.6 Å². The van der Waals surface area contributed by atoms with E-state index in [4.69, 9.17) is 17.0 Å². The predicted octanol–water partition coefficient (Wildman–Crippen LogP) is 5.29. The van der Waals surface area contributed by atoms with Crippen molar-refractivity contribution in [3.05, 3.63) is 101 Å². The fourth-order valence-electron chi connectivity index (χ4n) is 2.69. The van der Waals surface area contributed by atoms with E-state index in [9.17, 15) is 0 Å². The molecular weight excluding hydrogens is 338 g/mol. The Morgan fingerprint density at radius 1 is 0.808 bits per heavy atom. The molecule has 0 heterocycles. The molecule has 3 aromatic rings. The molecule has 0 amide bonds. The van der Waals surface area contributed by atoms with Crippen molar-refractivity contribution in [3.63, 3.8) is 0 Å². The van der Waals surface area contributed by atoms with Gasteiger partial charge in [-0.05, 0) is 35.2 Å². The van der Waals surface area contributed by atoms with Crippen molar-refractivity contribution < 1.29 is 4.74 Å². The number of thiocarbonyl (C=S) groups is 1. The molecule has 3 heteroatoms. The second-order valence-electron chi connectivity index (χ2n) is 6.12. The van der Waals surface area contributed by atoms with Gasteiger partial charge in [-0.25, -0.2) is 0 Å². The third kappa shape index (κ3) is 4.93. The Morgan fingerprint density at radius 2 is 1.46 bits per heavy atom. The van der Waals surface area contributed by atoms with Crippen LogP contribution in [-0.4, -0.2) is 4.99 Å². The van der Waals surface area contributed by atoms with Crippen LogP contribution in [0.3, 0.4) is 0 Å². The molecular formula is C23H23NOS. The number of hydrogen-bond donors (Lipinski definition) is 1. The largest absolute Gasteiger partial charge is 0.488 e. The van der Waals surface area contributed by atoms with Crippen LogP contribution in [0.5, 0.6) is 5.75 Å². The summed E-state index contributed by atoms with van der Waals surface area (Å²) in [4.78, 5) is 0.702. The molecule has 3 aromatic carbocycles. The normalized spacial score (nSPS) is 10.3. The highest BCUT2D eigenvalue weighted by molar-refractivity contribution is 7.80. The Bertz CT molecular complexity index is 844. The first-order valence-electron chi connectivity index (χ1n) is 8.88. The van der Waals surface area contributed by atoms with Crippen LogP contribution in [0.15, 0.2) is 78.9 Å². The maximum atomic E-state index is 6.00. The van der Waals surface area contributed by atoms with Gasteiger partial charge >= 0.3 is 0 Å². The van der Waals surface area contributed by atoms with Crippen LogP contribution in [0.25, 0.3) is 0 Å². The van der Waals surface area contributed by atoms with Gasteiger partial charge in [0.15, 0.2) is 0 Å². The molecule has 26 heavy (non-hydrogen) atoms. The van der Waals surface area contributed by atoms with E-state index < -0.39 is 0 Å². The first-order valence-corrected chi connectivity index (χ1v) is 9.29. The van der Waals surface area contributed by atoms with E-state index in [0.717, 1.165) is 23.3 Å². The molecule has 1 N–H and O–H groups in total. The summed E-state index contributed by atoms with van der Waals surface area (Å²) in [6.07, 6.45) is 1.05. The van der Waals surface area contributed by atoms with Crippen molar-refractivity contribution in [2.24, 2.45) is 0 Å². The highest BCUT2D eigenvalue weighted by atomic mass is 32.1. The summed E-state index contributed by atoms with van der Waals surface area (Å²) in [5.41, 5.74) is 4.61. The molecule has 0 aromatic heterocycles. The third-order valence-electron chi connectivity index (χ3n) is 4.25. The van der Waals surface area contributed by atoms with Gasteiger partial charge < -0.3 is 10.1 Å². The van der Waals surface area contributed by atoms with Crippen molar-refractivity contribution >= 4 is 17.2 Å². The number of aryl methyl sites for hydroxylation is 1. The van der Waals surface area contributed by atoms with E-state index in [1.807, 2.05) is 42.5 Å². The van der Waals surface area contributed by atoms with Gasteiger partial charge in [0.2, 0.25) is 0 Å². The van der Waals surface area contributed by atoms with Crippen LogP contribution in [0, 0.1) is 0 Å². The van der Waals surface area contributed by atoms with Crippen molar-refractivity contribution in [2.75, 3.05) is 0 Å². The van der Waals surface area contributed by atoms with Crippen LogP contribution in [0.4, 0.5) is 0 Å². The molecule has 0 radical (unpaired) electrons. The van der Waals surface area contributed by atoms with Gasteiger partial charge in [-0.1, -0.05) is 85.9 Å². The number of hydrogen-bond acceptors (Lipinski definition) is 2. The number of nitrogens with one attached hydrogen (secondary N) is 1. The molecule has 3 rings (SSSR count). The van der Waals surface area contributed by atoms with E-state index in [2.05, 4.69) is 48.6 Å². The minimum atomic E-state index is 0.527. The summed E-state index contributed by atoms with van der Waals surface area (Å²) in [7, 11) is 0. The van der Waals surface area contributed by atoms with Crippen LogP contribution < -0.4 is 10.1 Å². The topological polar surface area (TPSA) is 21.3 Å². The van der Waals surface area contributed by atoms with Gasteiger partial charge in [-0.2, -0.15) is 0 Å². The van der Waals surface area contributed by atoms with Crippen molar-refractivity contribution in [1.29, 1.82) is 0 Å². The molecule has 0 atom stereocenters. The zero-order chi connectivity index (χ0) is 18.2. The molecule has 132 valence electrons. The van der Waals surface area contributed by atoms with Gasteiger partial charge in [0.25, 0.3) is 0 Å². The Hall–Kier alpha value is -2.65. The van der Waals surface area contributed by atoms with Crippen molar-refractivity contribution in [1.82, 2.24) is 5.32 Å².